The summed E-state index contributed by atoms with van der Waals surface area (Å²) in [5.41, 5.74) is 17.7. The Labute approximate surface area is 173 Å². The maximum atomic E-state index is 1.77. The Morgan fingerprint density at radius 1 is 0.167 bits per heavy atom. The first-order valence-electron chi connectivity index (χ1n) is 12.3. The molecule has 6 aromatic carbocycles. The minimum absolute atomic E-state index is 1.33. The van der Waals surface area contributed by atoms with Crippen LogP contribution in [0, 0.1) is 0 Å². The summed E-state index contributed by atoms with van der Waals surface area (Å²) in [4.78, 5) is 0. The lowest BCUT2D eigenvalue weighted by Crippen LogP contribution is -2.19. The quantitative estimate of drug-likeness (QED) is 0.273. The van der Waals surface area contributed by atoms with Crippen molar-refractivity contribution in [2.45, 2.75) is 64.2 Å². The smallest absolute Gasteiger partial charge is 0.000770 e. The van der Waals surface area contributed by atoms with Crippen molar-refractivity contribution >= 4 is 53.9 Å². The van der Waals surface area contributed by atoms with Gasteiger partial charge in [-0.3, -0.25) is 0 Å². The van der Waals surface area contributed by atoms with E-state index in [9.17, 15) is 0 Å². The summed E-state index contributed by atoms with van der Waals surface area (Å²) < 4.78 is 0. The standard InChI is InChI=1S/C30H20/c1-2-12-11(1)21-13-3-4-14(13)23-17-7-8-18(17)25-20-10-9-19(20)24-16-6-5-15(16)22(12)27-26(21)28(23)30(25)29(24)27/h1-10H2. The Bertz CT molecular complexity index is 1440. The fourth-order valence-corrected chi connectivity index (χ4v) is 8.93. The van der Waals surface area contributed by atoms with Crippen molar-refractivity contribution in [3.05, 3.63) is 55.6 Å². The first kappa shape index (κ1) is 13.7. The van der Waals surface area contributed by atoms with E-state index in [0.29, 0.717) is 0 Å². The molecule has 30 heavy (non-hydrogen) atoms. The van der Waals surface area contributed by atoms with Gasteiger partial charge in [0.15, 0.2) is 0 Å². The summed E-state index contributed by atoms with van der Waals surface area (Å²) in [6.45, 7) is 0. The predicted molar refractivity (Wildman–Crippen MR) is 125 cm³/mol. The molecule has 5 aliphatic carbocycles. The molecule has 140 valence electrons. The second kappa shape index (κ2) is 3.75. The number of fused-ring (bicyclic) bond motifs is 15. The molecule has 0 unspecified atom stereocenters. The molecule has 0 atom stereocenters. The molecule has 0 nitrogen and oxygen atoms in total. The Hall–Kier alpha value is -2.60. The molecule has 0 N–H and O–H groups in total. The van der Waals surface area contributed by atoms with Crippen molar-refractivity contribution < 1.29 is 0 Å². The second-order valence-corrected chi connectivity index (χ2v) is 11.0. The minimum atomic E-state index is 1.33. The van der Waals surface area contributed by atoms with Crippen LogP contribution >= 0.6 is 0 Å². The van der Waals surface area contributed by atoms with Crippen molar-refractivity contribution in [3.8, 4) is 0 Å². The van der Waals surface area contributed by atoms with E-state index in [-0.39, 0.29) is 0 Å². The summed E-state index contributed by atoms with van der Waals surface area (Å²) in [5.74, 6) is 0. The maximum absolute atomic E-state index is 1.77. The monoisotopic (exact) mass is 380 g/mol. The van der Waals surface area contributed by atoms with Crippen LogP contribution in [0.2, 0.25) is 0 Å². The van der Waals surface area contributed by atoms with Crippen LogP contribution < -0.4 is 0 Å². The van der Waals surface area contributed by atoms with E-state index in [1.54, 1.807) is 109 Å². The van der Waals surface area contributed by atoms with Gasteiger partial charge in [0.05, 0.1) is 0 Å². The van der Waals surface area contributed by atoms with Gasteiger partial charge in [-0.2, -0.15) is 0 Å². The van der Waals surface area contributed by atoms with Gasteiger partial charge in [0, 0.05) is 0 Å². The van der Waals surface area contributed by atoms with Gasteiger partial charge in [0.25, 0.3) is 0 Å². The van der Waals surface area contributed by atoms with Gasteiger partial charge in [-0.05, 0) is 174 Å². The largest absolute Gasteiger partial charge is 0.0357 e. The van der Waals surface area contributed by atoms with Crippen molar-refractivity contribution in [1.29, 1.82) is 0 Å². The molecule has 11 rings (SSSR count). The first-order chi connectivity index (χ1) is 14.9. The van der Waals surface area contributed by atoms with Crippen LogP contribution in [0.5, 0.6) is 0 Å². The summed E-state index contributed by atoms with van der Waals surface area (Å²) >= 11 is 0. The van der Waals surface area contributed by atoms with E-state index < -0.39 is 0 Å². The molecule has 5 aliphatic rings. The van der Waals surface area contributed by atoms with E-state index in [4.69, 9.17) is 0 Å². The summed E-state index contributed by atoms with van der Waals surface area (Å²) in [6, 6.07) is 0. The molecule has 0 saturated heterocycles. The molecule has 0 bridgehead atoms. The number of benzene rings is 5. The van der Waals surface area contributed by atoms with Crippen LogP contribution in [0.25, 0.3) is 53.9 Å². The molecule has 6 aromatic rings. The Morgan fingerprint density at radius 3 is 0.400 bits per heavy atom. The summed E-state index contributed by atoms with van der Waals surface area (Å²) in [6.07, 6.45) is 13.3. The van der Waals surface area contributed by atoms with Gasteiger partial charge in [-0.15, -0.1) is 0 Å². The minimum Gasteiger partial charge on any atom is -0.0357 e. The molecule has 0 heterocycles. The van der Waals surface area contributed by atoms with E-state index in [1.807, 2.05) is 0 Å². The maximum Gasteiger partial charge on any atom is -0.000770 e. The first-order valence-corrected chi connectivity index (χ1v) is 12.3. The Balaban J connectivity index is 1.67. The highest BCUT2D eigenvalue weighted by atomic mass is 14.4. The molecule has 0 radical (unpaired) electrons. The lowest BCUT2D eigenvalue weighted by atomic mass is 9.69. The lowest BCUT2D eigenvalue weighted by molar-refractivity contribution is 0.820. The van der Waals surface area contributed by atoms with E-state index >= 15 is 0 Å². The van der Waals surface area contributed by atoms with Crippen molar-refractivity contribution in [2.75, 3.05) is 0 Å². The lowest BCUT2D eigenvalue weighted by Gasteiger charge is -2.34. The SMILES string of the molecule is C1Cc2c1c1c3c(c4c5c(c6c7c(c8c9c(c2c2c1c4c6c82)CC9)CC7)CC5)CC3. The van der Waals surface area contributed by atoms with Crippen molar-refractivity contribution in [1.82, 2.24) is 0 Å². The third-order valence-electron chi connectivity index (χ3n) is 10.5. The molecule has 0 saturated carbocycles. The van der Waals surface area contributed by atoms with Gasteiger partial charge < -0.3 is 0 Å². The predicted octanol–water partition coefficient (Wildman–Crippen LogP) is 6.26. The molecule has 0 heteroatoms. The number of hydrogen-bond donors (Lipinski definition) is 0. The van der Waals surface area contributed by atoms with Crippen LogP contribution in [0.1, 0.15) is 55.6 Å². The Kier molecular flexibility index (Phi) is 1.71. The zero-order valence-corrected chi connectivity index (χ0v) is 17.1. The average molecular weight is 380 g/mol. The zero-order chi connectivity index (χ0) is 18.6. The molecular weight excluding hydrogens is 360 g/mol. The third-order valence-corrected chi connectivity index (χ3v) is 10.5. The molecule has 0 fully saturated rings. The van der Waals surface area contributed by atoms with Gasteiger partial charge in [-0.25, -0.2) is 0 Å². The molecule has 0 spiro atoms. The Morgan fingerprint density at radius 2 is 0.300 bits per heavy atom. The van der Waals surface area contributed by atoms with Crippen molar-refractivity contribution in [3.63, 3.8) is 0 Å². The number of aryl methyl sites for hydroxylation is 10. The highest BCUT2D eigenvalue weighted by Gasteiger charge is 2.41. The van der Waals surface area contributed by atoms with Crippen LogP contribution in [-0.2, 0) is 64.2 Å². The molecule has 0 aliphatic heterocycles. The van der Waals surface area contributed by atoms with Crippen LogP contribution in [0.3, 0.4) is 0 Å². The highest BCUT2D eigenvalue weighted by Crippen LogP contribution is 2.62. The van der Waals surface area contributed by atoms with E-state index in [2.05, 4.69) is 0 Å². The van der Waals surface area contributed by atoms with Crippen LogP contribution in [0.15, 0.2) is 0 Å². The number of hydrogen-bond acceptors (Lipinski definition) is 0. The zero-order valence-electron chi connectivity index (χ0n) is 17.1. The van der Waals surface area contributed by atoms with Gasteiger partial charge in [0.2, 0.25) is 0 Å². The number of rotatable bonds is 0. The summed E-state index contributed by atoms with van der Waals surface area (Å²) in [7, 11) is 0. The highest BCUT2D eigenvalue weighted by molar-refractivity contribution is 6.48. The molecule has 0 amide bonds. The molecule has 0 aromatic heterocycles. The normalized spacial score (nSPS) is 20.0. The van der Waals surface area contributed by atoms with Crippen molar-refractivity contribution in [2.24, 2.45) is 0 Å². The summed E-state index contributed by atoms with van der Waals surface area (Å²) in [5, 5.41) is 17.4. The van der Waals surface area contributed by atoms with Gasteiger partial charge >= 0.3 is 0 Å². The second-order valence-electron chi connectivity index (χ2n) is 11.0. The van der Waals surface area contributed by atoms with E-state index in [0.717, 1.165) is 0 Å². The molecular formula is C30H20. The average Bonchev–Trinajstić information content (AvgIpc) is 2.92. The topological polar surface area (TPSA) is 0 Å². The van der Waals surface area contributed by atoms with Gasteiger partial charge in [-0.1, -0.05) is 0 Å². The fraction of sp³-hybridized carbons (Fsp3) is 0.333. The van der Waals surface area contributed by atoms with E-state index in [1.165, 1.54) is 64.2 Å². The van der Waals surface area contributed by atoms with Crippen LogP contribution in [-0.4, -0.2) is 0 Å². The third kappa shape index (κ3) is 1.01. The van der Waals surface area contributed by atoms with Crippen LogP contribution in [0.4, 0.5) is 0 Å². The fourth-order valence-electron chi connectivity index (χ4n) is 8.93. The van der Waals surface area contributed by atoms with Gasteiger partial charge in [0.1, 0.15) is 0 Å².